The van der Waals surface area contributed by atoms with Gasteiger partial charge < -0.3 is 14.8 Å². The van der Waals surface area contributed by atoms with Gasteiger partial charge in [0.25, 0.3) is 5.91 Å². The smallest absolute Gasteiger partial charge is 0.417 e. The second-order valence-corrected chi connectivity index (χ2v) is 11.0. The number of ether oxygens (including phenoxy) is 2. The van der Waals surface area contributed by atoms with Crippen LogP contribution in [0.2, 0.25) is 0 Å². The molecule has 1 fully saturated rings. The van der Waals surface area contributed by atoms with Crippen molar-refractivity contribution in [3.05, 3.63) is 82.9 Å². The number of alkyl halides is 3. The van der Waals surface area contributed by atoms with Crippen LogP contribution in [-0.2, 0) is 6.18 Å². The molecular formula is C32H29F4N3O3. The Labute approximate surface area is 240 Å². The Bertz CT molecular complexity index is 1650. The largest absolute Gasteiger partial charge is 0.494 e. The van der Waals surface area contributed by atoms with E-state index in [4.69, 9.17) is 14.5 Å². The summed E-state index contributed by atoms with van der Waals surface area (Å²) in [5.41, 5.74) is 2.75. The number of carbonyl (C=O) groups is 1. The lowest BCUT2D eigenvalue weighted by atomic mass is 9.74. The standard InChI is InChI=1S/C32H29F4N3O3/c1-17-16-42-30-24(17)13-26(39-29(30)19-6-8-23(33)9-7-19)25(18-4-3-5-18)15-38-31(40)21-10-20-11-22(32(34,35)36)14-37-28(20)27(12-21)41-2/h6-14,17-18,25H,3-5,15-16H2,1-2H3,(H,38,40). The zero-order valence-corrected chi connectivity index (χ0v) is 23.1. The predicted molar refractivity (Wildman–Crippen MR) is 149 cm³/mol. The van der Waals surface area contributed by atoms with E-state index in [0.29, 0.717) is 24.0 Å². The minimum absolute atomic E-state index is 0.0964. The molecule has 6 rings (SSSR count). The highest BCUT2D eigenvalue weighted by atomic mass is 19.4. The SMILES string of the molecule is COc1cc(C(=O)NCC(c2cc3c(c(-c4ccc(F)cc4)n2)OCC3C)C2CCC2)cc2cc(C(F)(F)F)cnc12. The van der Waals surface area contributed by atoms with Gasteiger partial charge in [-0.15, -0.1) is 0 Å². The number of hydrogen-bond donors (Lipinski definition) is 1. The normalized spacial score (nSPS) is 17.3. The second-order valence-electron chi connectivity index (χ2n) is 11.0. The first-order valence-corrected chi connectivity index (χ1v) is 13.9. The van der Waals surface area contributed by atoms with Crippen LogP contribution in [0.3, 0.4) is 0 Å². The molecular weight excluding hydrogens is 550 g/mol. The molecule has 10 heteroatoms. The van der Waals surface area contributed by atoms with Crippen molar-refractivity contribution >= 4 is 16.8 Å². The Morgan fingerprint density at radius 1 is 1.14 bits per heavy atom. The Hall–Kier alpha value is -4.21. The number of fused-ring (bicyclic) bond motifs is 2. The highest BCUT2D eigenvalue weighted by Crippen LogP contribution is 2.45. The van der Waals surface area contributed by atoms with Gasteiger partial charge in [0.1, 0.15) is 28.5 Å². The summed E-state index contributed by atoms with van der Waals surface area (Å²) < 4.78 is 65.0. The molecule has 0 saturated heterocycles. The van der Waals surface area contributed by atoms with Crippen molar-refractivity contribution in [2.75, 3.05) is 20.3 Å². The van der Waals surface area contributed by atoms with Gasteiger partial charge in [-0.3, -0.25) is 9.78 Å². The number of halogens is 4. The summed E-state index contributed by atoms with van der Waals surface area (Å²) in [6.45, 7) is 2.89. The number of hydrogen-bond acceptors (Lipinski definition) is 5. The molecule has 0 radical (unpaired) electrons. The fraction of sp³-hybridized carbons (Fsp3) is 0.344. The summed E-state index contributed by atoms with van der Waals surface area (Å²) >= 11 is 0. The number of carbonyl (C=O) groups excluding carboxylic acids is 1. The first kappa shape index (κ1) is 27.9. The van der Waals surface area contributed by atoms with Crippen LogP contribution in [0.1, 0.15) is 65.2 Å². The van der Waals surface area contributed by atoms with Crippen molar-refractivity contribution in [3.63, 3.8) is 0 Å². The fourth-order valence-corrected chi connectivity index (χ4v) is 5.70. The molecule has 2 aromatic heterocycles. The van der Waals surface area contributed by atoms with Crippen molar-refractivity contribution < 1.29 is 31.8 Å². The summed E-state index contributed by atoms with van der Waals surface area (Å²) in [7, 11) is 1.38. The summed E-state index contributed by atoms with van der Waals surface area (Å²) in [4.78, 5) is 22.3. The fourth-order valence-electron chi connectivity index (χ4n) is 5.70. The maximum atomic E-state index is 13.7. The maximum absolute atomic E-state index is 13.7. The quantitative estimate of drug-likeness (QED) is 0.233. The maximum Gasteiger partial charge on any atom is 0.417 e. The summed E-state index contributed by atoms with van der Waals surface area (Å²) in [5.74, 6) is 0.489. The third-order valence-corrected chi connectivity index (χ3v) is 8.29. The van der Waals surface area contributed by atoms with Crippen molar-refractivity contribution in [1.29, 1.82) is 0 Å². The Morgan fingerprint density at radius 2 is 1.90 bits per heavy atom. The van der Waals surface area contributed by atoms with Crippen LogP contribution in [0.4, 0.5) is 17.6 Å². The van der Waals surface area contributed by atoms with E-state index in [-0.39, 0.29) is 46.4 Å². The van der Waals surface area contributed by atoms with Gasteiger partial charge in [0.2, 0.25) is 0 Å². The van der Waals surface area contributed by atoms with Gasteiger partial charge in [-0.25, -0.2) is 9.37 Å². The first-order valence-electron chi connectivity index (χ1n) is 13.9. The minimum Gasteiger partial charge on any atom is -0.494 e. The number of pyridine rings is 2. The zero-order chi connectivity index (χ0) is 29.6. The van der Waals surface area contributed by atoms with Crippen LogP contribution < -0.4 is 14.8 Å². The second kappa shape index (κ2) is 10.9. The van der Waals surface area contributed by atoms with Crippen LogP contribution in [0.25, 0.3) is 22.2 Å². The number of methoxy groups -OCH3 is 1. The molecule has 2 aliphatic rings. The Kier molecular flexibility index (Phi) is 7.24. The van der Waals surface area contributed by atoms with E-state index in [9.17, 15) is 22.4 Å². The molecule has 6 nitrogen and oxygen atoms in total. The molecule has 1 aliphatic heterocycles. The molecule has 0 spiro atoms. The molecule has 218 valence electrons. The van der Waals surface area contributed by atoms with Crippen molar-refractivity contribution in [3.8, 4) is 22.8 Å². The Balaban J connectivity index is 1.32. The van der Waals surface area contributed by atoms with Crippen LogP contribution in [0.15, 0.2) is 54.7 Å². The summed E-state index contributed by atoms with van der Waals surface area (Å²) in [5, 5.41) is 3.15. The molecule has 0 bridgehead atoms. The van der Waals surface area contributed by atoms with Crippen molar-refractivity contribution in [2.24, 2.45) is 5.92 Å². The van der Waals surface area contributed by atoms with Crippen LogP contribution in [0, 0.1) is 11.7 Å². The lowest BCUT2D eigenvalue weighted by molar-refractivity contribution is -0.137. The van der Waals surface area contributed by atoms with E-state index in [1.165, 1.54) is 31.4 Å². The number of nitrogens with zero attached hydrogens (tertiary/aromatic N) is 2. The minimum atomic E-state index is -4.57. The number of amides is 1. The van der Waals surface area contributed by atoms with Gasteiger partial charge in [-0.05, 0) is 67.3 Å². The molecule has 1 N–H and O–H groups in total. The number of benzene rings is 2. The Morgan fingerprint density at radius 3 is 2.57 bits per heavy atom. The van der Waals surface area contributed by atoms with E-state index < -0.39 is 17.6 Å². The third kappa shape index (κ3) is 5.26. The molecule has 1 amide bonds. The average Bonchev–Trinajstić information content (AvgIpc) is 3.32. The summed E-state index contributed by atoms with van der Waals surface area (Å²) in [6.07, 6.45) is -0.745. The van der Waals surface area contributed by atoms with Crippen LogP contribution in [0.5, 0.6) is 11.5 Å². The van der Waals surface area contributed by atoms with Gasteiger partial charge in [0.05, 0.1) is 19.3 Å². The van der Waals surface area contributed by atoms with E-state index in [1.54, 1.807) is 12.1 Å². The first-order chi connectivity index (χ1) is 20.1. The molecule has 1 aliphatic carbocycles. The number of nitrogens with one attached hydrogen (secondary N) is 1. The van der Waals surface area contributed by atoms with E-state index in [2.05, 4.69) is 23.3 Å². The van der Waals surface area contributed by atoms with Crippen LogP contribution in [-0.4, -0.2) is 36.1 Å². The molecule has 1 saturated carbocycles. The van der Waals surface area contributed by atoms with Gasteiger partial charge in [-0.2, -0.15) is 13.2 Å². The predicted octanol–water partition coefficient (Wildman–Crippen LogP) is 7.27. The molecule has 2 aromatic carbocycles. The molecule has 4 aromatic rings. The van der Waals surface area contributed by atoms with Crippen LogP contribution >= 0.6 is 0 Å². The van der Waals surface area contributed by atoms with Gasteiger partial charge in [-0.1, -0.05) is 13.3 Å². The number of rotatable bonds is 7. The summed E-state index contributed by atoms with van der Waals surface area (Å²) in [6, 6.07) is 12.0. The van der Waals surface area contributed by atoms with Crippen molar-refractivity contribution in [1.82, 2.24) is 15.3 Å². The van der Waals surface area contributed by atoms with E-state index >= 15 is 0 Å². The third-order valence-electron chi connectivity index (χ3n) is 8.29. The topological polar surface area (TPSA) is 73.3 Å². The van der Waals surface area contributed by atoms with Gasteiger partial charge >= 0.3 is 6.18 Å². The highest BCUT2D eigenvalue weighted by Gasteiger charge is 2.34. The zero-order valence-electron chi connectivity index (χ0n) is 23.1. The molecule has 2 atom stereocenters. The monoisotopic (exact) mass is 579 g/mol. The van der Waals surface area contributed by atoms with E-state index in [0.717, 1.165) is 48.3 Å². The molecule has 3 heterocycles. The lowest BCUT2D eigenvalue weighted by Gasteiger charge is -2.34. The highest BCUT2D eigenvalue weighted by molar-refractivity contribution is 6.00. The van der Waals surface area contributed by atoms with Gasteiger partial charge in [0, 0.05) is 52.3 Å². The number of aromatic nitrogens is 2. The lowest BCUT2D eigenvalue weighted by Crippen LogP contribution is -2.34. The van der Waals surface area contributed by atoms with Crippen molar-refractivity contribution in [2.45, 2.75) is 44.2 Å². The molecule has 2 unspecified atom stereocenters. The molecule has 42 heavy (non-hydrogen) atoms. The van der Waals surface area contributed by atoms with E-state index in [1.807, 2.05) is 0 Å². The van der Waals surface area contributed by atoms with Gasteiger partial charge in [0.15, 0.2) is 0 Å². The average molecular weight is 580 g/mol.